The van der Waals surface area contributed by atoms with Crippen molar-refractivity contribution in [3.8, 4) is 5.75 Å². The molecule has 2 aromatic carbocycles. The molecule has 0 fully saturated rings. The normalized spacial score (nSPS) is 10.2. The summed E-state index contributed by atoms with van der Waals surface area (Å²) in [5, 5.41) is 4.86. The second kappa shape index (κ2) is 6.38. The fourth-order valence-corrected chi connectivity index (χ4v) is 2.05. The number of hydrogen-bond donors (Lipinski definition) is 1. The summed E-state index contributed by atoms with van der Waals surface area (Å²) in [4.78, 5) is 11.4. The Morgan fingerprint density at radius 1 is 1.26 bits per heavy atom. The van der Waals surface area contributed by atoms with Gasteiger partial charge in [-0.05, 0) is 35.0 Å². The second-order valence-corrected chi connectivity index (χ2v) is 4.95. The Kier molecular flexibility index (Phi) is 4.58. The lowest BCUT2D eigenvalue weighted by atomic mass is 10.1. The van der Waals surface area contributed by atoms with E-state index in [-0.39, 0.29) is 12.5 Å². The summed E-state index contributed by atoms with van der Waals surface area (Å²) in [6.45, 7) is 3.99. The first-order valence-electron chi connectivity index (χ1n) is 5.89. The smallest absolute Gasteiger partial charge is 0.258 e. The van der Waals surface area contributed by atoms with Gasteiger partial charge in [-0.15, -0.1) is 6.58 Å². The van der Waals surface area contributed by atoms with E-state index in [1.807, 2.05) is 36.4 Å². The first kappa shape index (κ1) is 13.6. The minimum absolute atomic E-state index is 0.00980. The first-order chi connectivity index (χ1) is 9.19. The van der Waals surface area contributed by atoms with Gasteiger partial charge in [0.05, 0.1) is 0 Å². The van der Waals surface area contributed by atoms with Crippen LogP contribution in [0.1, 0.15) is 0 Å². The van der Waals surface area contributed by atoms with Crippen molar-refractivity contribution in [3.05, 3.63) is 53.5 Å². The van der Waals surface area contributed by atoms with Crippen molar-refractivity contribution in [2.75, 3.05) is 13.2 Å². The highest BCUT2D eigenvalue weighted by Crippen LogP contribution is 2.23. The van der Waals surface area contributed by atoms with Crippen LogP contribution in [0.5, 0.6) is 5.75 Å². The molecule has 1 amide bonds. The number of carbonyl (C=O) groups excluding carboxylic acids is 1. The van der Waals surface area contributed by atoms with Crippen LogP contribution in [0.4, 0.5) is 0 Å². The third-order valence-electron chi connectivity index (χ3n) is 2.59. The highest BCUT2D eigenvalue weighted by molar-refractivity contribution is 9.10. The fourth-order valence-electron chi connectivity index (χ4n) is 1.67. The maximum Gasteiger partial charge on any atom is 0.258 e. The molecule has 0 aliphatic rings. The maximum absolute atomic E-state index is 11.4. The minimum Gasteiger partial charge on any atom is -0.484 e. The second-order valence-electron chi connectivity index (χ2n) is 4.03. The zero-order valence-corrected chi connectivity index (χ0v) is 11.9. The van der Waals surface area contributed by atoms with Crippen LogP contribution in [0.15, 0.2) is 53.5 Å². The molecule has 0 aromatic heterocycles. The van der Waals surface area contributed by atoms with Crippen LogP contribution in [-0.2, 0) is 4.79 Å². The molecule has 0 bridgehead atoms. The third kappa shape index (κ3) is 3.83. The van der Waals surface area contributed by atoms with Crippen molar-refractivity contribution in [3.63, 3.8) is 0 Å². The summed E-state index contributed by atoms with van der Waals surface area (Å²) < 4.78 is 6.48. The molecular formula is C15H14BrNO2. The predicted octanol–water partition coefficient (Wildman–Crippen LogP) is 3.28. The molecule has 2 aromatic rings. The molecular weight excluding hydrogens is 306 g/mol. The molecule has 0 aliphatic heterocycles. The summed E-state index contributed by atoms with van der Waals surface area (Å²) in [6.07, 6.45) is 1.63. The fraction of sp³-hybridized carbons (Fsp3) is 0.133. The van der Waals surface area contributed by atoms with E-state index in [0.717, 1.165) is 15.2 Å². The van der Waals surface area contributed by atoms with Gasteiger partial charge in [0.25, 0.3) is 5.91 Å². The summed E-state index contributed by atoms with van der Waals surface area (Å²) in [5.74, 6) is 0.527. The molecule has 0 unspecified atom stereocenters. The quantitative estimate of drug-likeness (QED) is 0.859. The summed E-state index contributed by atoms with van der Waals surface area (Å²) in [6, 6.07) is 11.8. The van der Waals surface area contributed by atoms with Gasteiger partial charge in [-0.25, -0.2) is 0 Å². The molecule has 2 rings (SSSR count). The molecule has 0 spiro atoms. The van der Waals surface area contributed by atoms with Crippen LogP contribution in [0.25, 0.3) is 10.8 Å². The minimum atomic E-state index is -0.157. The van der Waals surface area contributed by atoms with Crippen molar-refractivity contribution in [1.29, 1.82) is 0 Å². The number of carbonyl (C=O) groups is 1. The molecule has 19 heavy (non-hydrogen) atoms. The molecule has 0 saturated heterocycles. The summed E-state index contributed by atoms with van der Waals surface area (Å²) in [5.41, 5.74) is 0. The van der Waals surface area contributed by atoms with Gasteiger partial charge >= 0.3 is 0 Å². The first-order valence-corrected chi connectivity index (χ1v) is 6.68. The van der Waals surface area contributed by atoms with Crippen LogP contribution in [0, 0.1) is 0 Å². The Hall–Kier alpha value is -1.81. The lowest BCUT2D eigenvalue weighted by Gasteiger charge is -2.07. The molecule has 1 N–H and O–H groups in total. The van der Waals surface area contributed by atoms with Gasteiger partial charge in [-0.3, -0.25) is 4.79 Å². The van der Waals surface area contributed by atoms with Crippen molar-refractivity contribution in [1.82, 2.24) is 5.32 Å². The number of amides is 1. The molecule has 3 nitrogen and oxygen atoms in total. The number of rotatable bonds is 5. The topological polar surface area (TPSA) is 38.3 Å². The van der Waals surface area contributed by atoms with E-state index >= 15 is 0 Å². The summed E-state index contributed by atoms with van der Waals surface area (Å²) in [7, 11) is 0. The number of ether oxygens (including phenoxy) is 1. The van der Waals surface area contributed by atoms with Crippen molar-refractivity contribution >= 4 is 32.6 Å². The number of halogens is 1. The van der Waals surface area contributed by atoms with E-state index in [1.165, 1.54) is 0 Å². The number of benzene rings is 2. The van der Waals surface area contributed by atoms with Crippen molar-refractivity contribution in [2.24, 2.45) is 0 Å². The van der Waals surface area contributed by atoms with Gasteiger partial charge in [0.15, 0.2) is 6.61 Å². The van der Waals surface area contributed by atoms with Gasteiger partial charge < -0.3 is 10.1 Å². The van der Waals surface area contributed by atoms with Crippen LogP contribution in [-0.4, -0.2) is 19.1 Å². The summed E-state index contributed by atoms with van der Waals surface area (Å²) >= 11 is 3.43. The largest absolute Gasteiger partial charge is 0.484 e. The Labute approximate surface area is 120 Å². The molecule has 4 heteroatoms. The average Bonchev–Trinajstić information content (AvgIpc) is 2.42. The van der Waals surface area contributed by atoms with E-state index in [9.17, 15) is 4.79 Å². The molecule has 0 radical (unpaired) electrons. The van der Waals surface area contributed by atoms with Gasteiger partial charge in [0.1, 0.15) is 5.75 Å². The SMILES string of the molecule is C=CCNC(=O)COc1ccc2cc(Br)ccc2c1. The number of fused-ring (bicyclic) bond motifs is 1. The molecule has 0 atom stereocenters. The monoisotopic (exact) mass is 319 g/mol. The van der Waals surface area contributed by atoms with Crippen molar-refractivity contribution in [2.45, 2.75) is 0 Å². The zero-order chi connectivity index (χ0) is 13.7. The molecule has 0 heterocycles. The van der Waals surface area contributed by atoms with Gasteiger partial charge in [-0.1, -0.05) is 34.1 Å². The number of hydrogen-bond acceptors (Lipinski definition) is 2. The van der Waals surface area contributed by atoms with Crippen LogP contribution in [0.3, 0.4) is 0 Å². The molecule has 0 aliphatic carbocycles. The highest BCUT2D eigenvalue weighted by Gasteiger charge is 2.02. The van der Waals surface area contributed by atoms with Crippen molar-refractivity contribution < 1.29 is 9.53 Å². The Bertz CT molecular complexity index is 610. The van der Waals surface area contributed by atoms with Gasteiger partial charge in [0.2, 0.25) is 0 Å². The predicted molar refractivity (Wildman–Crippen MR) is 80.3 cm³/mol. The molecule has 0 saturated carbocycles. The Balaban J connectivity index is 2.03. The Morgan fingerprint density at radius 2 is 2.00 bits per heavy atom. The van der Waals surface area contributed by atoms with E-state index in [0.29, 0.717) is 12.3 Å². The van der Waals surface area contributed by atoms with Crippen LogP contribution >= 0.6 is 15.9 Å². The van der Waals surface area contributed by atoms with E-state index < -0.39 is 0 Å². The van der Waals surface area contributed by atoms with E-state index in [2.05, 4.69) is 27.8 Å². The standard InChI is InChI=1S/C15H14BrNO2/c1-2-7-17-15(18)10-19-14-6-4-11-8-13(16)5-3-12(11)9-14/h2-6,8-9H,1,7,10H2,(H,17,18). The van der Waals surface area contributed by atoms with Gasteiger partial charge in [-0.2, -0.15) is 0 Å². The van der Waals surface area contributed by atoms with Crippen LogP contribution < -0.4 is 10.1 Å². The maximum atomic E-state index is 11.4. The third-order valence-corrected chi connectivity index (χ3v) is 3.08. The van der Waals surface area contributed by atoms with E-state index in [4.69, 9.17) is 4.74 Å². The average molecular weight is 320 g/mol. The van der Waals surface area contributed by atoms with Gasteiger partial charge in [0, 0.05) is 11.0 Å². The lowest BCUT2D eigenvalue weighted by molar-refractivity contribution is -0.122. The molecule has 98 valence electrons. The zero-order valence-electron chi connectivity index (χ0n) is 10.4. The number of nitrogens with one attached hydrogen (secondary N) is 1. The highest BCUT2D eigenvalue weighted by atomic mass is 79.9. The lowest BCUT2D eigenvalue weighted by Crippen LogP contribution is -2.28. The Morgan fingerprint density at radius 3 is 2.79 bits per heavy atom. The van der Waals surface area contributed by atoms with E-state index in [1.54, 1.807) is 6.08 Å². The van der Waals surface area contributed by atoms with Crippen LogP contribution in [0.2, 0.25) is 0 Å².